The monoisotopic (exact) mass is 233 g/mol. The first kappa shape index (κ1) is 12.6. The summed E-state index contributed by atoms with van der Waals surface area (Å²) in [5, 5.41) is 6.78. The highest BCUT2D eigenvalue weighted by molar-refractivity contribution is 5.21. The van der Waals surface area contributed by atoms with Crippen LogP contribution in [0.3, 0.4) is 0 Å². The third-order valence-electron chi connectivity index (χ3n) is 3.32. The smallest absolute Gasteiger partial charge is 0.0320 e. The van der Waals surface area contributed by atoms with E-state index in [0.717, 1.165) is 32.7 Å². The molecular formula is C14H23N3. The van der Waals surface area contributed by atoms with Crippen molar-refractivity contribution in [2.24, 2.45) is 0 Å². The second kappa shape index (κ2) is 6.15. The molecule has 1 fully saturated rings. The molecule has 0 spiro atoms. The van der Waals surface area contributed by atoms with Gasteiger partial charge in [0.1, 0.15) is 0 Å². The summed E-state index contributed by atoms with van der Waals surface area (Å²) < 4.78 is 0. The molecule has 17 heavy (non-hydrogen) atoms. The summed E-state index contributed by atoms with van der Waals surface area (Å²) >= 11 is 0. The third kappa shape index (κ3) is 3.80. The molecule has 94 valence electrons. The van der Waals surface area contributed by atoms with Gasteiger partial charge in [-0.05, 0) is 19.5 Å². The van der Waals surface area contributed by atoms with Gasteiger partial charge in [-0.1, -0.05) is 29.8 Å². The Balaban J connectivity index is 1.87. The summed E-state index contributed by atoms with van der Waals surface area (Å²) in [6.45, 7) is 7.63. The maximum absolute atomic E-state index is 3.54. The lowest BCUT2D eigenvalue weighted by molar-refractivity contribution is 0.191. The fraction of sp³-hybridized carbons (Fsp3) is 0.571. The molecule has 1 saturated heterocycles. The van der Waals surface area contributed by atoms with Crippen molar-refractivity contribution in [2.75, 3.05) is 33.2 Å². The van der Waals surface area contributed by atoms with Gasteiger partial charge in [-0.15, -0.1) is 0 Å². The fourth-order valence-electron chi connectivity index (χ4n) is 2.37. The molecule has 0 bridgehead atoms. The average Bonchev–Trinajstić information content (AvgIpc) is 2.33. The van der Waals surface area contributed by atoms with Crippen LogP contribution in [0.5, 0.6) is 0 Å². The molecule has 1 aromatic carbocycles. The Morgan fingerprint density at radius 1 is 1.35 bits per heavy atom. The summed E-state index contributed by atoms with van der Waals surface area (Å²) in [6.07, 6.45) is 0. The Labute approximate surface area is 104 Å². The molecule has 1 aliphatic rings. The zero-order valence-electron chi connectivity index (χ0n) is 10.9. The van der Waals surface area contributed by atoms with Gasteiger partial charge in [0.05, 0.1) is 0 Å². The van der Waals surface area contributed by atoms with Gasteiger partial charge in [0.15, 0.2) is 0 Å². The molecule has 1 aromatic rings. The molecule has 0 aromatic heterocycles. The minimum atomic E-state index is 0.583. The molecule has 1 aliphatic heterocycles. The minimum Gasteiger partial charge on any atom is -0.318 e. The largest absolute Gasteiger partial charge is 0.318 e. The molecule has 0 aliphatic carbocycles. The highest BCUT2D eigenvalue weighted by Gasteiger charge is 2.18. The topological polar surface area (TPSA) is 27.3 Å². The van der Waals surface area contributed by atoms with Crippen LogP contribution in [0.15, 0.2) is 24.3 Å². The zero-order valence-corrected chi connectivity index (χ0v) is 10.9. The molecule has 2 N–H and O–H groups in total. The van der Waals surface area contributed by atoms with E-state index in [9.17, 15) is 0 Å². The molecule has 3 nitrogen and oxygen atoms in total. The number of hydrogen-bond donors (Lipinski definition) is 2. The van der Waals surface area contributed by atoms with E-state index in [1.807, 2.05) is 7.05 Å². The predicted octanol–water partition coefficient (Wildman–Crippen LogP) is 0.988. The van der Waals surface area contributed by atoms with E-state index in [0.29, 0.717) is 6.04 Å². The lowest BCUT2D eigenvalue weighted by atomic mass is 10.1. The second-order valence-corrected chi connectivity index (χ2v) is 4.93. The van der Waals surface area contributed by atoms with E-state index >= 15 is 0 Å². The van der Waals surface area contributed by atoms with E-state index in [4.69, 9.17) is 0 Å². The zero-order chi connectivity index (χ0) is 12.1. The van der Waals surface area contributed by atoms with E-state index in [-0.39, 0.29) is 0 Å². The highest BCUT2D eigenvalue weighted by Crippen LogP contribution is 2.08. The molecule has 3 heteroatoms. The quantitative estimate of drug-likeness (QED) is 0.812. The number of nitrogens with one attached hydrogen (secondary N) is 2. The number of nitrogens with zero attached hydrogens (tertiary/aromatic N) is 1. The number of hydrogen-bond acceptors (Lipinski definition) is 3. The lowest BCUT2D eigenvalue weighted by Crippen LogP contribution is -2.53. The summed E-state index contributed by atoms with van der Waals surface area (Å²) in [4.78, 5) is 2.53. The summed E-state index contributed by atoms with van der Waals surface area (Å²) in [7, 11) is 2.01. The first-order chi connectivity index (χ1) is 8.28. The molecule has 1 atom stereocenters. The fourth-order valence-corrected chi connectivity index (χ4v) is 2.37. The van der Waals surface area contributed by atoms with Crippen LogP contribution >= 0.6 is 0 Å². The maximum atomic E-state index is 3.54. The van der Waals surface area contributed by atoms with Crippen molar-refractivity contribution in [3.63, 3.8) is 0 Å². The van der Waals surface area contributed by atoms with Gasteiger partial charge in [0, 0.05) is 38.8 Å². The second-order valence-electron chi connectivity index (χ2n) is 4.93. The van der Waals surface area contributed by atoms with E-state index in [2.05, 4.69) is 46.7 Å². The Bertz CT molecular complexity index is 332. The number of aryl methyl sites for hydroxylation is 1. The Kier molecular flexibility index (Phi) is 4.54. The van der Waals surface area contributed by atoms with Crippen molar-refractivity contribution in [3.05, 3.63) is 35.4 Å². The number of benzene rings is 1. The van der Waals surface area contributed by atoms with Crippen LogP contribution in [0.25, 0.3) is 0 Å². The highest BCUT2D eigenvalue weighted by atomic mass is 15.2. The van der Waals surface area contributed by atoms with Gasteiger partial charge in [-0.25, -0.2) is 0 Å². The van der Waals surface area contributed by atoms with Gasteiger partial charge in [0.25, 0.3) is 0 Å². The maximum Gasteiger partial charge on any atom is 0.0320 e. The summed E-state index contributed by atoms with van der Waals surface area (Å²) in [5.41, 5.74) is 2.75. The van der Waals surface area contributed by atoms with Crippen molar-refractivity contribution < 1.29 is 0 Å². The molecule has 1 heterocycles. The normalized spacial score (nSPS) is 21.6. The lowest BCUT2D eigenvalue weighted by Gasteiger charge is -2.33. The summed E-state index contributed by atoms with van der Waals surface area (Å²) in [6, 6.07) is 9.46. The first-order valence-electron chi connectivity index (χ1n) is 6.44. The van der Waals surface area contributed by atoms with Crippen LogP contribution in [0.2, 0.25) is 0 Å². The first-order valence-corrected chi connectivity index (χ1v) is 6.44. The molecule has 1 unspecified atom stereocenters. The van der Waals surface area contributed by atoms with E-state index < -0.39 is 0 Å². The van der Waals surface area contributed by atoms with Crippen LogP contribution in [-0.4, -0.2) is 44.2 Å². The average molecular weight is 233 g/mol. The van der Waals surface area contributed by atoms with Crippen LogP contribution in [0, 0.1) is 6.92 Å². The Morgan fingerprint density at radius 2 is 2.12 bits per heavy atom. The van der Waals surface area contributed by atoms with Crippen molar-refractivity contribution in [3.8, 4) is 0 Å². The SMILES string of the molecule is CNCC1CN(Cc2ccc(C)cc2)CCN1. The Morgan fingerprint density at radius 3 is 2.82 bits per heavy atom. The van der Waals surface area contributed by atoms with Gasteiger partial charge >= 0.3 is 0 Å². The van der Waals surface area contributed by atoms with Gasteiger partial charge < -0.3 is 10.6 Å². The molecule has 2 rings (SSSR count). The van der Waals surface area contributed by atoms with Crippen molar-refractivity contribution in [2.45, 2.75) is 19.5 Å². The predicted molar refractivity (Wildman–Crippen MR) is 72.2 cm³/mol. The molecule has 0 amide bonds. The number of likely N-dealkylation sites (N-methyl/N-ethyl adjacent to an activating group) is 1. The minimum absolute atomic E-state index is 0.583. The van der Waals surface area contributed by atoms with Crippen LogP contribution in [-0.2, 0) is 6.54 Å². The molecule has 0 radical (unpaired) electrons. The summed E-state index contributed by atoms with van der Waals surface area (Å²) in [5.74, 6) is 0. The van der Waals surface area contributed by atoms with Crippen molar-refractivity contribution in [1.29, 1.82) is 0 Å². The number of rotatable bonds is 4. The molecule has 0 saturated carbocycles. The van der Waals surface area contributed by atoms with Crippen LogP contribution in [0.1, 0.15) is 11.1 Å². The van der Waals surface area contributed by atoms with Gasteiger partial charge in [0.2, 0.25) is 0 Å². The van der Waals surface area contributed by atoms with Crippen LogP contribution in [0.4, 0.5) is 0 Å². The van der Waals surface area contributed by atoms with E-state index in [1.54, 1.807) is 0 Å². The van der Waals surface area contributed by atoms with Crippen LogP contribution < -0.4 is 10.6 Å². The molecular weight excluding hydrogens is 210 g/mol. The van der Waals surface area contributed by atoms with Crippen molar-refractivity contribution in [1.82, 2.24) is 15.5 Å². The van der Waals surface area contributed by atoms with Crippen molar-refractivity contribution >= 4 is 0 Å². The third-order valence-corrected chi connectivity index (χ3v) is 3.32. The van der Waals surface area contributed by atoms with E-state index in [1.165, 1.54) is 11.1 Å². The van der Waals surface area contributed by atoms with Gasteiger partial charge in [-0.2, -0.15) is 0 Å². The van der Waals surface area contributed by atoms with Gasteiger partial charge in [-0.3, -0.25) is 4.90 Å². The Hall–Kier alpha value is -0.900. The standard InChI is InChI=1S/C14H23N3/c1-12-3-5-13(6-4-12)10-17-8-7-16-14(11-17)9-15-2/h3-6,14-16H,7-11H2,1-2H3. The number of piperazine rings is 1.